The zero-order chi connectivity index (χ0) is 17.7. The molecule has 4 rings (SSSR count). The van der Waals surface area contributed by atoms with E-state index < -0.39 is 0 Å². The second-order valence-electron chi connectivity index (χ2n) is 6.87. The molecule has 2 aromatic heterocycles. The molecule has 0 saturated carbocycles. The average Bonchev–Trinajstić information content (AvgIpc) is 2.98. The van der Waals surface area contributed by atoms with E-state index in [9.17, 15) is 9.59 Å². The van der Waals surface area contributed by atoms with Crippen molar-refractivity contribution in [3.8, 4) is 0 Å². The molecule has 1 aliphatic heterocycles. The van der Waals surface area contributed by atoms with Crippen LogP contribution in [0.15, 0.2) is 39.9 Å². The predicted molar refractivity (Wildman–Crippen MR) is 96.9 cm³/mol. The van der Waals surface area contributed by atoms with Gasteiger partial charge in [0, 0.05) is 33.7 Å². The van der Waals surface area contributed by atoms with Gasteiger partial charge in [-0.25, -0.2) is 4.79 Å². The summed E-state index contributed by atoms with van der Waals surface area (Å²) < 4.78 is 4.57. The van der Waals surface area contributed by atoms with Gasteiger partial charge in [-0.2, -0.15) is 4.98 Å². The summed E-state index contributed by atoms with van der Waals surface area (Å²) in [5.41, 5.74) is 1.51. The fourth-order valence-electron chi connectivity index (χ4n) is 3.62. The number of aryl methyl sites for hydroxylation is 1. The highest BCUT2D eigenvalue weighted by atomic mass is 16.2. The third-order valence-corrected chi connectivity index (χ3v) is 4.85. The van der Waals surface area contributed by atoms with Crippen molar-refractivity contribution in [2.45, 2.75) is 20.0 Å². The van der Waals surface area contributed by atoms with E-state index in [4.69, 9.17) is 0 Å². The highest BCUT2D eigenvalue weighted by Crippen LogP contribution is 2.27. The van der Waals surface area contributed by atoms with Crippen LogP contribution in [0.25, 0.3) is 11.2 Å². The summed E-state index contributed by atoms with van der Waals surface area (Å²) in [6, 6.07) is 10.2. The first-order chi connectivity index (χ1) is 12.0. The van der Waals surface area contributed by atoms with Gasteiger partial charge in [-0.15, -0.1) is 0 Å². The van der Waals surface area contributed by atoms with Crippen molar-refractivity contribution >= 4 is 17.1 Å². The lowest BCUT2D eigenvalue weighted by atomic mass is 10.1. The molecule has 0 amide bonds. The quantitative estimate of drug-likeness (QED) is 0.701. The fourth-order valence-corrected chi connectivity index (χ4v) is 3.62. The van der Waals surface area contributed by atoms with Crippen LogP contribution in [0.2, 0.25) is 0 Å². The van der Waals surface area contributed by atoms with Crippen LogP contribution in [-0.2, 0) is 27.2 Å². The van der Waals surface area contributed by atoms with E-state index >= 15 is 0 Å². The van der Waals surface area contributed by atoms with Gasteiger partial charge >= 0.3 is 5.69 Å². The molecule has 0 saturated heterocycles. The molecule has 0 fully saturated rings. The van der Waals surface area contributed by atoms with E-state index in [2.05, 4.69) is 28.9 Å². The Morgan fingerprint density at radius 2 is 1.80 bits per heavy atom. The molecule has 1 aromatic carbocycles. The van der Waals surface area contributed by atoms with Crippen molar-refractivity contribution in [1.29, 1.82) is 0 Å². The van der Waals surface area contributed by atoms with Crippen LogP contribution in [-0.4, -0.2) is 25.2 Å². The van der Waals surface area contributed by atoms with Gasteiger partial charge in [-0.1, -0.05) is 37.3 Å². The van der Waals surface area contributed by atoms with Crippen LogP contribution in [0.4, 0.5) is 5.95 Å². The first kappa shape index (κ1) is 15.7. The summed E-state index contributed by atoms with van der Waals surface area (Å²) in [4.78, 5) is 31.7. The molecular formula is C18H21N5O2. The Balaban J connectivity index is 1.92. The summed E-state index contributed by atoms with van der Waals surface area (Å²) in [5, 5.41) is 0. The van der Waals surface area contributed by atoms with Crippen LogP contribution < -0.4 is 16.1 Å². The maximum atomic E-state index is 12.7. The van der Waals surface area contributed by atoms with Crippen molar-refractivity contribution in [1.82, 2.24) is 18.7 Å². The number of nitrogens with zero attached hydrogens (tertiary/aromatic N) is 5. The Labute approximate surface area is 144 Å². The van der Waals surface area contributed by atoms with Gasteiger partial charge in [-0.05, 0) is 11.5 Å². The number of imidazole rings is 1. The van der Waals surface area contributed by atoms with E-state index in [1.807, 2.05) is 22.8 Å². The zero-order valence-electron chi connectivity index (χ0n) is 14.6. The number of fused-ring (bicyclic) bond motifs is 3. The molecule has 0 aliphatic carbocycles. The van der Waals surface area contributed by atoms with Gasteiger partial charge in [0.2, 0.25) is 5.95 Å². The minimum atomic E-state index is -0.351. The largest absolute Gasteiger partial charge is 0.338 e. The van der Waals surface area contributed by atoms with Gasteiger partial charge in [0.15, 0.2) is 11.2 Å². The average molecular weight is 339 g/mol. The maximum absolute atomic E-state index is 12.7. The van der Waals surface area contributed by atoms with Gasteiger partial charge < -0.3 is 9.47 Å². The number of anilines is 1. The molecular weight excluding hydrogens is 318 g/mol. The molecule has 0 spiro atoms. The number of benzene rings is 1. The second-order valence-corrected chi connectivity index (χ2v) is 6.87. The lowest BCUT2D eigenvalue weighted by Gasteiger charge is -2.33. The molecule has 7 nitrogen and oxygen atoms in total. The first-order valence-corrected chi connectivity index (χ1v) is 8.42. The molecule has 0 radical (unpaired) electrons. The fraction of sp³-hybridized carbons (Fsp3) is 0.389. The SMILES string of the molecule is C[C@H]1CN(Cc2ccccc2)c2nc3c(c(=O)n(C)c(=O)n3C)n2C1. The molecule has 1 atom stereocenters. The van der Waals surface area contributed by atoms with Crippen molar-refractivity contribution in [3.05, 3.63) is 56.7 Å². The Morgan fingerprint density at radius 1 is 1.08 bits per heavy atom. The minimum Gasteiger partial charge on any atom is -0.338 e. The standard InChI is InChI=1S/C18H21N5O2/c1-12-9-22(11-13-7-5-4-6-8-13)17-19-15-14(23(17)10-12)16(24)21(3)18(25)20(15)2/h4-8,12H,9-11H2,1-3H3/t12-/m0/s1. The van der Waals surface area contributed by atoms with Crippen LogP contribution >= 0.6 is 0 Å². The minimum absolute atomic E-state index is 0.286. The molecule has 3 heterocycles. The van der Waals surface area contributed by atoms with Crippen LogP contribution in [0.3, 0.4) is 0 Å². The van der Waals surface area contributed by atoms with E-state index in [0.29, 0.717) is 17.1 Å². The highest BCUT2D eigenvalue weighted by Gasteiger charge is 2.28. The predicted octanol–water partition coefficient (Wildman–Crippen LogP) is 1.09. The molecule has 7 heteroatoms. The smallest absolute Gasteiger partial charge is 0.332 e. The first-order valence-electron chi connectivity index (χ1n) is 8.42. The summed E-state index contributed by atoms with van der Waals surface area (Å²) in [6.07, 6.45) is 0. The molecule has 130 valence electrons. The molecule has 0 N–H and O–H groups in total. The lowest BCUT2D eigenvalue weighted by molar-refractivity contribution is 0.435. The Morgan fingerprint density at radius 3 is 2.52 bits per heavy atom. The summed E-state index contributed by atoms with van der Waals surface area (Å²) >= 11 is 0. The summed E-state index contributed by atoms with van der Waals surface area (Å²) in [7, 11) is 3.17. The number of rotatable bonds is 2. The summed E-state index contributed by atoms with van der Waals surface area (Å²) in [6.45, 7) is 4.49. The molecule has 3 aromatic rings. The molecule has 1 aliphatic rings. The zero-order valence-corrected chi connectivity index (χ0v) is 14.6. The monoisotopic (exact) mass is 339 g/mol. The topological polar surface area (TPSA) is 65.1 Å². The number of hydrogen-bond acceptors (Lipinski definition) is 4. The normalized spacial score (nSPS) is 17.1. The van der Waals surface area contributed by atoms with Gasteiger partial charge in [0.05, 0.1) is 0 Å². The third-order valence-electron chi connectivity index (χ3n) is 4.85. The molecule has 25 heavy (non-hydrogen) atoms. The van der Waals surface area contributed by atoms with E-state index in [1.165, 1.54) is 17.2 Å². The Hall–Kier alpha value is -2.83. The summed E-state index contributed by atoms with van der Waals surface area (Å²) in [5.74, 6) is 1.14. The highest BCUT2D eigenvalue weighted by molar-refractivity contribution is 5.75. The van der Waals surface area contributed by atoms with Crippen LogP contribution in [0, 0.1) is 5.92 Å². The van der Waals surface area contributed by atoms with E-state index in [-0.39, 0.29) is 11.2 Å². The van der Waals surface area contributed by atoms with Crippen LogP contribution in [0.5, 0.6) is 0 Å². The van der Waals surface area contributed by atoms with Crippen molar-refractivity contribution in [2.75, 3.05) is 11.4 Å². The van der Waals surface area contributed by atoms with Gasteiger partial charge in [0.1, 0.15) is 0 Å². The second kappa shape index (κ2) is 5.61. The van der Waals surface area contributed by atoms with Crippen molar-refractivity contribution < 1.29 is 0 Å². The van der Waals surface area contributed by atoms with Crippen LogP contribution in [0.1, 0.15) is 12.5 Å². The third kappa shape index (κ3) is 2.38. The lowest BCUT2D eigenvalue weighted by Crippen LogP contribution is -2.39. The van der Waals surface area contributed by atoms with E-state index in [1.54, 1.807) is 7.05 Å². The molecule has 0 unspecified atom stereocenters. The van der Waals surface area contributed by atoms with Gasteiger partial charge in [0.25, 0.3) is 5.56 Å². The van der Waals surface area contributed by atoms with Crippen molar-refractivity contribution in [3.63, 3.8) is 0 Å². The van der Waals surface area contributed by atoms with Gasteiger partial charge in [-0.3, -0.25) is 13.9 Å². The number of hydrogen-bond donors (Lipinski definition) is 0. The van der Waals surface area contributed by atoms with Crippen molar-refractivity contribution in [2.24, 2.45) is 20.0 Å². The maximum Gasteiger partial charge on any atom is 0.332 e. The Bertz CT molecular complexity index is 1060. The number of aromatic nitrogens is 4. The molecule has 0 bridgehead atoms. The van der Waals surface area contributed by atoms with E-state index in [0.717, 1.165) is 30.1 Å². The Kier molecular flexibility index (Phi) is 3.52.